The topological polar surface area (TPSA) is 15.3 Å². The Balaban J connectivity index is 1.95. The number of nitrogens with zero attached hydrogens (tertiary/aromatic N) is 1. The molecule has 18 heavy (non-hydrogen) atoms. The summed E-state index contributed by atoms with van der Waals surface area (Å²) in [7, 11) is 2.05. The second-order valence-electron chi connectivity index (χ2n) is 5.32. The summed E-state index contributed by atoms with van der Waals surface area (Å²) >= 11 is 12.1. The standard InChI is InChI=1S/C14H20Cl2N2/c1-14(17-2)5-7-18(8-6-14)10-11-3-4-12(15)9-13(11)16/h3-4,9,17H,5-8,10H2,1-2H3. The second kappa shape index (κ2) is 5.79. The normalized spacial score (nSPS) is 20.0. The van der Waals surface area contributed by atoms with E-state index in [0.717, 1.165) is 30.2 Å². The van der Waals surface area contributed by atoms with Crippen molar-refractivity contribution in [3.63, 3.8) is 0 Å². The van der Waals surface area contributed by atoms with Crippen molar-refractivity contribution in [2.45, 2.75) is 31.8 Å². The molecule has 1 aromatic carbocycles. The van der Waals surface area contributed by atoms with Crippen LogP contribution in [0.5, 0.6) is 0 Å². The van der Waals surface area contributed by atoms with E-state index >= 15 is 0 Å². The SMILES string of the molecule is CNC1(C)CCN(Cc2ccc(Cl)cc2Cl)CC1. The molecule has 4 heteroatoms. The van der Waals surface area contributed by atoms with E-state index in [1.807, 2.05) is 25.2 Å². The van der Waals surface area contributed by atoms with Crippen molar-refractivity contribution in [1.29, 1.82) is 0 Å². The average Bonchev–Trinajstić information content (AvgIpc) is 2.36. The van der Waals surface area contributed by atoms with Gasteiger partial charge in [0.25, 0.3) is 0 Å². The molecule has 0 atom stereocenters. The fourth-order valence-electron chi connectivity index (χ4n) is 2.35. The van der Waals surface area contributed by atoms with Crippen LogP contribution in [0.25, 0.3) is 0 Å². The molecule has 0 amide bonds. The van der Waals surface area contributed by atoms with Gasteiger partial charge in [0.1, 0.15) is 0 Å². The minimum atomic E-state index is 0.292. The Bertz CT molecular complexity index is 412. The third kappa shape index (κ3) is 3.39. The number of nitrogens with one attached hydrogen (secondary N) is 1. The van der Waals surface area contributed by atoms with Crippen LogP contribution in [0.15, 0.2) is 18.2 Å². The molecule has 0 radical (unpaired) electrons. The lowest BCUT2D eigenvalue weighted by molar-refractivity contribution is 0.146. The van der Waals surface area contributed by atoms with Crippen LogP contribution in [0.4, 0.5) is 0 Å². The van der Waals surface area contributed by atoms with Crippen molar-refractivity contribution < 1.29 is 0 Å². The zero-order chi connectivity index (χ0) is 13.2. The minimum Gasteiger partial charge on any atom is -0.314 e. The van der Waals surface area contributed by atoms with Gasteiger partial charge >= 0.3 is 0 Å². The Kier molecular flexibility index (Phi) is 4.54. The smallest absolute Gasteiger partial charge is 0.0465 e. The molecule has 1 heterocycles. The number of piperidine rings is 1. The van der Waals surface area contributed by atoms with Gasteiger partial charge in [-0.15, -0.1) is 0 Å². The predicted molar refractivity (Wildman–Crippen MR) is 78.4 cm³/mol. The summed E-state index contributed by atoms with van der Waals surface area (Å²) < 4.78 is 0. The predicted octanol–water partition coefficient (Wildman–Crippen LogP) is 3.57. The molecule has 1 saturated heterocycles. The van der Waals surface area contributed by atoms with Gasteiger partial charge in [0.2, 0.25) is 0 Å². The molecular formula is C14H20Cl2N2. The van der Waals surface area contributed by atoms with Crippen LogP contribution in [0.2, 0.25) is 10.0 Å². The molecule has 1 aliphatic rings. The molecule has 0 saturated carbocycles. The Labute approximate surface area is 119 Å². The highest BCUT2D eigenvalue weighted by Gasteiger charge is 2.28. The van der Waals surface area contributed by atoms with E-state index in [-0.39, 0.29) is 0 Å². The summed E-state index contributed by atoms with van der Waals surface area (Å²) in [6.45, 7) is 5.42. The molecule has 1 aliphatic heterocycles. The summed E-state index contributed by atoms with van der Waals surface area (Å²) in [6.07, 6.45) is 2.35. The highest BCUT2D eigenvalue weighted by Crippen LogP contribution is 2.26. The Hall–Kier alpha value is -0.280. The third-order valence-corrected chi connectivity index (χ3v) is 4.56. The molecule has 0 unspecified atom stereocenters. The van der Waals surface area contributed by atoms with Crippen LogP contribution in [-0.2, 0) is 6.54 Å². The number of hydrogen-bond donors (Lipinski definition) is 1. The monoisotopic (exact) mass is 286 g/mol. The van der Waals surface area contributed by atoms with Crippen molar-refractivity contribution in [2.24, 2.45) is 0 Å². The maximum atomic E-state index is 6.21. The summed E-state index contributed by atoms with van der Waals surface area (Å²) in [5, 5.41) is 4.88. The van der Waals surface area contributed by atoms with Crippen molar-refractivity contribution in [3.8, 4) is 0 Å². The van der Waals surface area contributed by atoms with Crippen molar-refractivity contribution in [1.82, 2.24) is 10.2 Å². The first-order valence-corrected chi connectivity index (χ1v) is 7.13. The molecule has 0 spiro atoms. The fraction of sp³-hybridized carbons (Fsp3) is 0.571. The number of likely N-dealkylation sites (tertiary alicyclic amines) is 1. The molecule has 2 rings (SSSR count). The first-order chi connectivity index (χ1) is 8.52. The zero-order valence-corrected chi connectivity index (χ0v) is 12.5. The molecule has 1 aromatic rings. The second-order valence-corrected chi connectivity index (χ2v) is 6.17. The van der Waals surface area contributed by atoms with Gasteiger partial charge in [-0.1, -0.05) is 29.3 Å². The molecule has 1 N–H and O–H groups in total. The average molecular weight is 287 g/mol. The van der Waals surface area contributed by atoms with E-state index in [1.54, 1.807) is 0 Å². The first-order valence-electron chi connectivity index (χ1n) is 6.38. The van der Waals surface area contributed by atoms with Gasteiger partial charge in [0.15, 0.2) is 0 Å². The quantitative estimate of drug-likeness (QED) is 0.914. The third-order valence-electron chi connectivity index (χ3n) is 3.97. The number of benzene rings is 1. The molecule has 0 aromatic heterocycles. The summed E-state index contributed by atoms with van der Waals surface area (Å²) in [5.41, 5.74) is 1.45. The molecule has 2 nitrogen and oxygen atoms in total. The van der Waals surface area contributed by atoms with E-state index in [9.17, 15) is 0 Å². The summed E-state index contributed by atoms with van der Waals surface area (Å²) in [5.74, 6) is 0. The van der Waals surface area contributed by atoms with Crippen molar-refractivity contribution in [3.05, 3.63) is 33.8 Å². The maximum Gasteiger partial charge on any atom is 0.0465 e. The Morgan fingerprint density at radius 1 is 1.28 bits per heavy atom. The van der Waals surface area contributed by atoms with Gasteiger partial charge in [0, 0.05) is 35.2 Å². The van der Waals surface area contributed by atoms with Crippen molar-refractivity contribution in [2.75, 3.05) is 20.1 Å². The van der Waals surface area contributed by atoms with Crippen LogP contribution in [0, 0.1) is 0 Å². The minimum absolute atomic E-state index is 0.292. The van der Waals surface area contributed by atoms with Gasteiger partial charge in [-0.05, 0) is 44.5 Å². The summed E-state index contributed by atoms with van der Waals surface area (Å²) in [6, 6.07) is 5.75. The Morgan fingerprint density at radius 2 is 1.94 bits per heavy atom. The highest BCUT2D eigenvalue weighted by molar-refractivity contribution is 6.35. The highest BCUT2D eigenvalue weighted by atomic mass is 35.5. The Morgan fingerprint density at radius 3 is 2.50 bits per heavy atom. The van der Waals surface area contributed by atoms with E-state index in [2.05, 4.69) is 17.1 Å². The van der Waals surface area contributed by atoms with Gasteiger partial charge in [-0.25, -0.2) is 0 Å². The van der Waals surface area contributed by atoms with Gasteiger partial charge < -0.3 is 5.32 Å². The molecule has 100 valence electrons. The zero-order valence-electron chi connectivity index (χ0n) is 11.0. The molecule has 1 fully saturated rings. The molecule has 0 bridgehead atoms. The van der Waals surface area contributed by atoms with Crippen LogP contribution in [0.3, 0.4) is 0 Å². The lowest BCUT2D eigenvalue weighted by Gasteiger charge is -2.39. The van der Waals surface area contributed by atoms with Crippen LogP contribution in [0.1, 0.15) is 25.3 Å². The first kappa shape index (κ1) is 14.1. The summed E-state index contributed by atoms with van der Waals surface area (Å²) in [4.78, 5) is 2.45. The molecular weight excluding hydrogens is 267 g/mol. The van der Waals surface area contributed by atoms with Crippen LogP contribution < -0.4 is 5.32 Å². The van der Waals surface area contributed by atoms with E-state index in [0.29, 0.717) is 10.6 Å². The number of halogens is 2. The van der Waals surface area contributed by atoms with E-state index in [4.69, 9.17) is 23.2 Å². The fourth-order valence-corrected chi connectivity index (χ4v) is 2.81. The van der Waals surface area contributed by atoms with Gasteiger partial charge in [-0.3, -0.25) is 4.90 Å². The van der Waals surface area contributed by atoms with Crippen LogP contribution in [-0.4, -0.2) is 30.6 Å². The molecule has 0 aliphatic carbocycles. The lowest BCUT2D eigenvalue weighted by atomic mass is 9.90. The van der Waals surface area contributed by atoms with Gasteiger partial charge in [-0.2, -0.15) is 0 Å². The maximum absolute atomic E-state index is 6.21. The van der Waals surface area contributed by atoms with E-state index < -0.39 is 0 Å². The largest absolute Gasteiger partial charge is 0.314 e. The lowest BCUT2D eigenvalue weighted by Crippen LogP contribution is -2.49. The van der Waals surface area contributed by atoms with E-state index in [1.165, 1.54) is 12.8 Å². The van der Waals surface area contributed by atoms with Crippen molar-refractivity contribution >= 4 is 23.2 Å². The van der Waals surface area contributed by atoms with Gasteiger partial charge in [0.05, 0.1) is 0 Å². The number of hydrogen-bond acceptors (Lipinski definition) is 2. The van der Waals surface area contributed by atoms with Crippen LogP contribution >= 0.6 is 23.2 Å². The number of rotatable bonds is 3.